The first-order chi connectivity index (χ1) is 12.3. The summed E-state index contributed by atoms with van der Waals surface area (Å²) >= 11 is 5.90. The van der Waals surface area contributed by atoms with Crippen LogP contribution in [0.3, 0.4) is 0 Å². The van der Waals surface area contributed by atoms with Crippen molar-refractivity contribution in [3.8, 4) is 0 Å². The molecule has 0 amide bonds. The first-order valence-corrected chi connectivity index (χ1v) is 8.82. The van der Waals surface area contributed by atoms with Crippen LogP contribution in [0.25, 0.3) is 5.65 Å². The number of alkyl halides is 2. The number of nitrogens with zero attached hydrogens (tertiary/aromatic N) is 5. The van der Waals surface area contributed by atoms with Gasteiger partial charge in [0.1, 0.15) is 5.82 Å². The maximum Gasteiger partial charge on any atom is 0.266 e. The van der Waals surface area contributed by atoms with E-state index in [2.05, 4.69) is 15.1 Å². The van der Waals surface area contributed by atoms with Gasteiger partial charge < -0.3 is 4.90 Å². The van der Waals surface area contributed by atoms with Crippen LogP contribution < -0.4 is 4.90 Å². The van der Waals surface area contributed by atoms with Gasteiger partial charge in [0.25, 0.3) is 5.92 Å². The first-order valence-electron chi connectivity index (χ1n) is 8.44. The second kappa shape index (κ2) is 6.16. The number of aryl methyl sites for hydroxylation is 1. The van der Waals surface area contributed by atoms with Gasteiger partial charge in [0.2, 0.25) is 0 Å². The molecule has 0 aromatic carbocycles. The summed E-state index contributed by atoms with van der Waals surface area (Å²) in [7, 11) is 0. The quantitative estimate of drug-likeness (QED) is 0.690. The van der Waals surface area contributed by atoms with Crippen LogP contribution in [0.5, 0.6) is 0 Å². The maximum atomic E-state index is 13.7. The topological polar surface area (TPSA) is 46.3 Å². The summed E-state index contributed by atoms with van der Waals surface area (Å²) in [6.07, 6.45) is 1.46. The SMILES string of the molecule is Cc1cc(N2CCC(F)(F)C2)n2nc(C(C)c3ccc(Cl)cn3)cc2n1. The molecule has 1 saturated heterocycles. The molecule has 3 aromatic heterocycles. The summed E-state index contributed by atoms with van der Waals surface area (Å²) in [5.41, 5.74) is 3.03. The van der Waals surface area contributed by atoms with Gasteiger partial charge in [0, 0.05) is 48.6 Å². The van der Waals surface area contributed by atoms with Crippen LogP contribution in [-0.2, 0) is 0 Å². The van der Waals surface area contributed by atoms with E-state index in [1.54, 1.807) is 27.7 Å². The number of hydrogen-bond donors (Lipinski definition) is 0. The summed E-state index contributed by atoms with van der Waals surface area (Å²) in [6.45, 7) is 3.85. The van der Waals surface area contributed by atoms with Crippen molar-refractivity contribution in [3.05, 3.63) is 52.6 Å². The van der Waals surface area contributed by atoms with E-state index in [1.165, 1.54) is 0 Å². The Balaban J connectivity index is 1.75. The average Bonchev–Trinajstić information content (AvgIpc) is 3.17. The van der Waals surface area contributed by atoms with E-state index in [1.807, 2.05) is 26.0 Å². The lowest BCUT2D eigenvalue weighted by atomic mass is 10.0. The van der Waals surface area contributed by atoms with Crippen LogP contribution in [-0.4, -0.2) is 38.6 Å². The molecule has 1 atom stereocenters. The van der Waals surface area contributed by atoms with Crippen molar-refractivity contribution in [2.24, 2.45) is 0 Å². The molecule has 4 heterocycles. The minimum Gasteiger partial charge on any atom is -0.350 e. The van der Waals surface area contributed by atoms with Crippen molar-refractivity contribution in [1.82, 2.24) is 19.6 Å². The second-order valence-electron chi connectivity index (χ2n) is 6.75. The molecule has 26 heavy (non-hydrogen) atoms. The Morgan fingerprint density at radius 3 is 2.69 bits per heavy atom. The standard InChI is InChI=1S/C18H18ClF2N5/c1-11-7-17(25-6-5-18(20,21)10-25)26-16(23-11)8-15(24-26)12(2)14-4-3-13(19)9-22-14/h3-4,7-9,12H,5-6,10H2,1-2H3. The van der Waals surface area contributed by atoms with E-state index in [4.69, 9.17) is 11.6 Å². The largest absolute Gasteiger partial charge is 0.350 e. The number of fused-ring (bicyclic) bond motifs is 1. The molecule has 1 aliphatic heterocycles. The summed E-state index contributed by atoms with van der Waals surface area (Å²) in [4.78, 5) is 10.5. The Hall–Kier alpha value is -2.28. The van der Waals surface area contributed by atoms with Gasteiger partial charge in [-0.2, -0.15) is 9.61 Å². The van der Waals surface area contributed by atoms with E-state index >= 15 is 0 Å². The summed E-state index contributed by atoms with van der Waals surface area (Å²) in [6, 6.07) is 7.33. The van der Waals surface area contributed by atoms with Gasteiger partial charge in [-0.15, -0.1) is 0 Å². The third-order valence-electron chi connectivity index (χ3n) is 4.69. The summed E-state index contributed by atoms with van der Waals surface area (Å²) < 4.78 is 29.0. The molecule has 1 unspecified atom stereocenters. The lowest BCUT2D eigenvalue weighted by Gasteiger charge is -2.19. The summed E-state index contributed by atoms with van der Waals surface area (Å²) in [5.74, 6) is -2.09. The van der Waals surface area contributed by atoms with Gasteiger partial charge in [-0.25, -0.2) is 13.8 Å². The molecule has 3 aromatic rings. The number of pyridine rings is 1. The highest BCUT2D eigenvalue weighted by molar-refractivity contribution is 6.30. The predicted molar refractivity (Wildman–Crippen MR) is 96.3 cm³/mol. The van der Waals surface area contributed by atoms with Crippen LogP contribution in [0.15, 0.2) is 30.5 Å². The van der Waals surface area contributed by atoms with E-state index in [9.17, 15) is 8.78 Å². The van der Waals surface area contributed by atoms with Crippen LogP contribution in [0, 0.1) is 6.92 Å². The van der Waals surface area contributed by atoms with Crippen molar-refractivity contribution >= 4 is 23.1 Å². The van der Waals surface area contributed by atoms with Crippen LogP contribution in [0.1, 0.15) is 36.3 Å². The number of aromatic nitrogens is 4. The molecule has 0 N–H and O–H groups in total. The van der Waals surface area contributed by atoms with Crippen LogP contribution >= 0.6 is 11.6 Å². The Morgan fingerprint density at radius 2 is 2.04 bits per heavy atom. The molecule has 1 fully saturated rings. The van der Waals surface area contributed by atoms with Gasteiger partial charge in [0.15, 0.2) is 5.65 Å². The molecule has 5 nitrogen and oxygen atoms in total. The summed E-state index contributed by atoms with van der Waals surface area (Å²) in [5, 5.41) is 5.21. The molecule has 136 valence electrons. The number of anilines is 1. The fourth-order valence-corrected chi connectivity index (χ4v) is 3.37. The molecule has 0 radical (unpaired) electrons. The minimum absolute atomic E-state index is 0.0675. The molecule has 0 spiro atoms. The van der Waals surface area contributed by atoms with Gasteiger partial charge >= 0.3 is 0 Å². The second-order valence-corrected chi connectivity index (χ2v) is 7.18. The van der Waals surface area contributed by atoms with Crippen molar-refractivity contribution in [2.45, 2.75) is 32.1 Å². The average molecular weight is 378 g/mol. The Labute approximate surface area is 154 Å². The molecular weight excluding hydrogens is 360 g/mol. The van der Waals surface area contributed by atoms with Gasteiger partial charge in [-0.3, -0.25) is 4.98 Å². The van der Waals surface area contributed by atoms with E-state index < -0.39 is 5.92 Å². The monoisotopic (exact) mass is 377 g/mol. The zero-order valence-electron chi connectivity index (χ0n) is 14.5. The third-order valence-corrected chi connectivity index (χ3v) is 4.91. The van der Waals surface area contributed by atoms with E-state index in [0.717, 1.165) is 17.1 Å². The number of halogens is 3. The Morgan fingerprint density at radius 1 is 1.23 bits per heavy atom. The zero-order valence-corrected chi connectivity index (χ0v) is 15.2. The molecule has 4 rings (SSSR count). The zero-order chi connectivity index (χ0) is 18.5. The molecule has 8 heteroatoms. The Kier molecular flexibility index (Phi) is 4.06. The van der Waals surface area contributed by atoms with Crippen LogP contribution in [0.4, 0.5) is 14.6 Å². The van der Waals surface area contributed by atoms with Crippen molar-refractivity contribution < 1.29 is 8.78 Å². The molecular formula is C18H18ClF2N5. The lowest BCUT2D eigenvalue weighted by molar-refractivity contribution is 0.0256. The highest BCUT2D eigenvalue weighted by Gasteiger charge is 2.39. The number of hydrogen-bond acceptors (Lipinski definition) is 4. The van der Waals surface area contributed by atoms with Crippen molar-refractivity contribution in [3.63, 3.8) is 0 Å². The highest BCUT2D eigenvalue weighted by atomic mass is 35.5. The highest BCUT2D eigenvalue weighted by Crippen LogP contribution is 2.32. The van der Waals surface area contributed by atoms with Crippen molar-refractivity contribution in [2.75, 3.05) is 18.0 Å². The normalized spacial score (nSPS) is 17.8. The maximum absolute atomic E-state index is 13.7. The fourth-order valence-electron chi connectivity index (χ4n) is 3.26. The molecule has 0 aliphatic carbocycles. The Bertz CT molecular complexity index is 954. The predicted octanol–water partition coefficient (Wildman–Crippen LogP) is 4.08. The van der Waals surface area contributed by atoms with Crippen LogP contribution in [0.2, 0.25) is 5.02 Å². The van der Waals surface area contributed by atoms with E-state index in [0.29, 0.717) is 23.0 Å². The lowest BCUT2D eigenvalue weighted by Crippen LogP contribution is -2.27. The molecule has 0 saturated carbocycles. The first kappa shape index (κ1) is 17.1. The smallest absolute Gasteiger partial charge is 0.266 e. The van der Waals surface area contributed by atoms with Crippen molar-refractivity contribution in [1.29, 1.82) is 0 Å². The van der Waals surface area contributed by atoms with Gasteiger partial charge in [-0.05, 0) is 19.1 Å². The van der Waals surface area contributed by atoms with E-state index in [-0.39, 0.29) is 18.9 Å². The third kappa shape index (κ3) is 3.11. The van der Waals surface area contributed by atoms with Gasteiger partial charge in [0.05, 0.1) is 17.3 Å². The van der Waals surface area contributed by atoms with Gasteiger partial charge in [-0.1, -0.05) is 18.5 Å². The minimum atomic E-state index is -2.67. The molecule has 1 aliphatic rings. The molecule has 0 bridgehead atoms. The number of rotatable bonds is 3. The fraction of sp³-hybridized carbons (Fsp3) is 0.389.